The lowest BCUT2D eigenvalue weighted by Gasteiger charge is -2.13. The molecule has 1 aromatic carbocycles. The third kappa shape index (κ3) is 3.08. The van der Waals surface area contributed by atoms with Crippen molar-refractivity contribution in [3.8, 4) is 11.5 Å². The summed E-state index contributed by atoms with van der Waals surface area (Å²) in [4.78, 5) is 4.22. The molecule has 100 valence electrons. The zero-order valence-electron chi connectivity index (χ0n) is 10.6. The van der Waals surface area contributed by atoms with E-state index in [4.69, 9.17) is 15.2 Å². The molecule has 2 aromatic rings. The highest BCUT2D eigenvalue weighted by Crippen LogP contribution is 2.33. The molecule has 0 amide bonds. The number of nitrogen functional groups attached to an aromatic ring is 1. The second kappa shape index (κ2) is 5.79. The van der Waals surface area contributed by atoms with E-state index >= 15 is 0 Å². The highest BCUT2D eigenvalue weighted by atomic mass is 79.9. The first-order valence-electron chi connectivity index (χ1n) is 5.54. The molecule has 0 radical (unpaired) electrons. The summed E-state index contributed by atoms with van der Waals surface area (Å²) in [5, 5.41) is 3.18. The number of pyridine rings is 1. The maximum atomic E-state index is 5.65. The van der Waals surface area contributed by atoms with Crippen LogP contribution in [0, 0.1) is 0 Å². The Hall–Kier alpha value is -1.95. The third-order valence-electron chi connectivity index (χ3n) is 2.52. The van der Waals surface area contributed by atoms with E-state index in [0.29, 0.717) is 17.3 Å². The second-order valence-corrected chi connectivity index (χ2v) is 4.64. The molecule has 19 heavy (non-hydrogen) atoms. The van der Waals surface area contributed by atoms with Crippen LogP contribution in [0.5, 0.6) is 11.5 Å². The van der Waals surface area contributed by atoms with Crippen molar-refractivity contribution < 1.29 is 9.47 Å². The summed E-state index contributed by atoms with van der Waals surface area (Å²) in [7, 11) is 3.21. The second-order valence-electron chi connectivity index (χ2n) is 3.79. The molecular weight excluding hydrogens is 310 g/mol. The summed E-state index contributed by atoms with van der Waals surface area (Å²) in [6, 6.07) is 7.29. The molecule has 0 aliphatic rings. The molecule has 2 rings (SSSR count). The first kappa shape index (κ1) is 13.5. The van der Waals surface area contributed by atoms with E-state index in [-0.39, 0.29) is 0 Å². The molecule has 0 saturated carbocycles. The van der Waals surface area contributed by atoms with Gasteiger partial charge < -0.3 is 20.5 Å². The van der Waals surface area contributed by atoms with Gasteiger partial charge in [-0.25, -0.2) is 4.98 Å². The maximum absolute atomic E-state index is 5.65. The quantitative estimate of drug-likeness (QED) is 0.904. The summed E-state index contributed by atoms with van der Waals surface area (Å²) in [5.74, 6) is 2.06. The Kier molecular flexibility index (Phi) is 4.11. The van der Waals surface area contributed by atoms with E-state index in [1.165, 1.54) is 0 Å². The van der Waals surface area contributed by atoms with Crippen molar-refractivity contribution in [1.82, 2.24) is 4.98 Å². The maximum Gasteiger partial charge on any atom is 0.146 e. The van der Waals surface area contributed by atoms with Crippen LogP contribution in [0.3, 0.4) is 0 Å². The van der Waals surface area contributed by atoms with Gasteiger partial charge in [0.25, 0.3) is 0 Å². The molecule has 3 N–H and O–H groups in total. The number of nitrogens with zero attached hydrogens (tertiary/aromatic N) is 1. The number of benzene rings is 1. The molecule has 6 heteroatoms. The minimum Gasteiger partial charge on any atom is -0.497 e. The summed E-state index contributed by atoms with van der Waals surface area (Å²) >= 11 is 3.41. The standard InChI is InChI=1S/C13H14BrN3O2/c1-18-9-3-4-11(12(6-9)19-2)17-13-10(14)5-8(15)7-16-13/h3-7H,15H2,1-2H3,(H,16,17). The number of hydrogen-bond acceptors (Lipinski definition) is 5. The van der Waals surface area contributed by atoms with Gasteiger partial charge in [-0.1, -0.05) is 0 Å². The minimum absolute atomic E-state index is 0.596. The van der Waals surface area contributed by atoms with Crippen LogP contribution in [0.4, 0.5) is 17.2 Å². The van der Waals surface area contributed by atoms with Crippen molar-refractivity contribution in [1.29, 1.82) is 0 Å². The Bertz CT molecular complexity index is 590. The number of halogens is 1. The van der Waals surface area contributed by atoms with Crippen molar-refractivity contribution in [3.05, 3.63) is 34.9 Å². The van der Waals surface area contributed by atoms with Gasteiger partial charge in [0.1, 0.15) is 17.3 Å². The van der Waals surface area contributed by atoms with Crippen molar-refractivity contribution in [2.45, 2.75) is 0 Å². The smallest absolute Gasteiger partial charge is 0.146 e. The fourth-order valence-corrected chi connectivity index (χ4v) is 2.04. The van der Waals surface area contributed by atoms with Crippen LogP contribution in [-0.4, -0.2) is 19.2 Å². The van der Waals surface area contributed by atoms with Gasteiger partial charge in [0, 0.05) is 6.07 Å². The SMILES string of the molecule is COc1ccc(Nc2ncc(N)cc2Br)c(OC)c1. The van der Waals surface area contributed by atoms with Crippen LogP contribution < -0.4 is 20.5 Å². The molecule has 0 unspecified atom stereocenters. The third-order valence-corrected chi connectivity index (χ3v) is 3.13. The van der Waals surface area contributed by atoms with E-state index in [0.717, 1.165) is 15.9 Å². The van der Waals surface area contributed by atoms with Crippen LogP contribution >= 0.6 is 15.9 Å². The van der Waals surface area contributed by atoms with Crippen LogP contribution in [0.25, 0.3) is 0 Å². The normalized spacial score (nSPS) is 10.1. The average molecular weight is 324 g/mol. The number of rotatable bonds is 4. The summed E-state index contributed by atoms with van der Waals surface area (Å²) in [5.41, 5.74) is 7.04. The van der Waals surface area contributed by atoms with Crippen molar-refractivity contribution in [2.75, 3.05) is 25.3 Å². The molecule has 0 atom stereocenters. The Morgan fingerprint density at radius 2 is 2.00 bits per heavy atom. The number of ether oxygens (including phenoxy) is 2. The van der Waals surface area contributed by atoms with Crippen molar-refractivity contribution >= 4 is 33.1 Å². The Labute approximate surface area is 119 Å². The van der Waals surface area contributed by atoms with Gasteiger partial charge in [0.2, 0.25) is 0 Å². The largest absolute Gasteiger partial charge is 0.497 e. The summed E-state index contributed by atoms with van der Waals surface area (Å²) in [6.07, 6.45) is 1.59. The zero-order valence-corrected chi connectivity index (χ0v) is 12.2. The molecule has 0 saturated heterocycles. The van der Waals surface area contributed by atoms with Gasteiger partial charge >= 0.3 is 0 Å². The van der Waals surface area contributed by atoms with Gasteiger partial charge in [-0.2, -0.15) is 0 Å². The van der Waals surface area contributed by atoms with E-state index in [1.54, 1.807) is 32.5 Å². The molecule has 0 bridgehead atoms. The number of methoxy groups -OCH3 is 2. The summed E-state index contributed by atoms with van der Waals surface area (Å²) < 4.78 is 11.2. The lowest BCUT2D eigenvalue weighted by molar-refractivity contribution is 0.395. The van der Waals surface area contributed by atoms with Crippen LogP contribution in [-0.2, 0) is 0 Å². The Morgan fingerprint density at radius 1 is 1.21 bits per heavy atom. The van der Waals surface area contributed by atoms with E-state index in [2.05, 4.69) is 26.2 Å². The number of hydrogen-bond donors (Lipinski definition) is 2. The number of nitrogens with two attached hydrogens (primary N) is 1. The van der Waals surface area contributed by atoms with Crippen LogP contribution in [0.15, 0.2) is 34.9 Å². The van der Waals surface area contributed by atoms with E-state index in [1.807, 2.05) is 12.1 Å². The predicted octanol–water partition coefficient (Wildman–Crippen LogP) is 3.19. The average Bonchev–Trinajstić information content (AvgIpc) is 2.42. The Balaban J connectivity index is 2.32. The van der Waals surface area contributed by atoms with E-state index < -0.39 is 0 Å². The fraction of sp³-hybridized carbons (Fsp3) is 0.154. The lowest BCUT2D eigenvalue weighted by atomic mass is 10.2. The van der Waals surface area contributed by atoms with E-state index in [9.17, 15) is 0 Å². The monoisotopic (exact) mass is 323 g/mol. The fourth-order valence-electron chi connectivity index (χ4n) is 1.57. The van der Waals surface area contributed by atoms with Crippen molar-refractivity contribution in [3.63, 3.8) is 0 Å². The highest BCUT2D eigenvalue weighted by Gasteiger charge is 2.08. The van der Waals surface area contributed by atoms with Gasteiger partial charge in [0.05, 0.1) is 36.3 Å². The molecule has 0 aliphatic carbocycles. The molecular formula is C13H14BrN3O2. The molecule has 1 heterocycles. The Morgan fingerprint density at radius 3 is 2.63 bits per heavy atom. The number of aromatic nitrogens is 1. The molecule has 0 fully saturated rings. The van der Waals surface area contributed by atoms with Gasteiger partial charge in [-0.15, -0.1) is 0 Å². The molecule has 1 aromatic heterocycles. The van der Waals surface area contributed by atoms with Crippen LogP contribution in [0.2, 0.25) is 0 Å². The summed E-state index contributed by atoms with van der Waals surface area (Å²) in [6.45, 7) is 0. The first-order valence-corrected chi connectivity index (χ1v) is 6.33. The predicted molar refractivity (Wildman–Crippen MR) is 79.2 cm³/mol. The molecule has 0 aliphatic heterocycles. The number of anilines is 3. The molecule has 5 nitrogen and oxygen atoms in total. The zero-order chi connectivity index (χ0) is 13.8. The van der Waals surface area contributed by atoms with Gasteiger partial charge in [0.15, 0.2) is 0 Å². The lowest BCUT2D eigenvalue weighted by Crippen LogP contribution is -1.99. The van der Waals surface area contributed by atoms with Gasteiger partial charge in [-0.3, -0.25) is 0 Å². The minimum atomic E-state index is 0.596. The highest BCUT2D eigenvalue weighted by molar-refractivity contribution is 9.10. The van der Waals surface area contributed by atoms with Crippen LogP contribution in [0.1, 0.15) is 0 Å². The topological polar surface area (TPSA) is 69.4 Å². The van der Waals surface area contributed by atoms with Crippen molar-refractivity contribution in [2.24, 2.45) is 0 Å². The van der Waals surface area contributed by atoms with Gasteiger partial charge in [-0.05, 0) is 34.1 Å². The first-order chi connectivity index (χ1) is 9.13. The molecule has 0 spiro atoms. The number of nitrogens with one attached hydrogen (secondary N) is 1.